The molecule has 6 heteroatoms. The molecular weight excluding hydrogens is 374 g/mol. The lowest BCUT2D eigenvalue weighted by atomic mass is 10.1. The number of halogens is 1. The van der Waals surface area contributed by atoms with E-state index in [2.05, 4.69) is 17.1 Å². The summed E-state index contributed by atoms with van der Waals surface area (Å²) in [6.45, 7) is 1.65. The number of oxazole rings is 1. The fourth-order valence-corrected chi connectivity index (χ4v) is 3.10. The highest BCUT2D eigenvalue weighted by atomic mass is 35.5. The van der Waals surface area contributed by atoms with Crippen LogP contribution in [0.3, 0.4) is 0 Å². The van der Waals surface area contributed by atoms with Gasteiger partial charge < -0.3 is 15.1 Å². The molecule has 2 N–H and O–H groups in total. The summed E-state index contributed by atoms with van der Waals surface area (Å²) < 4.78 is 5.78. The van der Waals surface area contributed by atoms with Crippen molar-refractivity contribution < 1.29 is 9.21 Å². The maximum absolute atomic E-state index is 12.6. The molecule has 5 nitrogen and oxygen atoms in total. The normalized spacial score (nSPS) is 10.8. The van der Waals surface area contributed by atoms with E-state index in [4.69, 9.17) is 21.8 Å². The molecular formula is C22H24ClN3O2. The molecule has 2 aromatic carbocycles. The molecule has 0 aliphatic heterocycles. The number of hydrogen-bond donors (Lipinski definition) is 1. The molecule has 1 heterocycles. The molecule has 1 aromatic heterocycles. The van der Waals surface area contributed by atoms with Crippen LogP contribution in [0.1, 0.15) is 17.9 Å². The van der Waals surface area contributed by atoms with Gasteiger partial charge in [0.15, 0.2) is 11.7 Å². The fourth-order valence-electron chi connectivity index (χ4n) is 2.97. The number of carbonyl (C=O) groups is 1. The number of aromatic nitrogens is 1. The zero-order chi connectivity index (χ0) is 19.8. The average molecular weight is 398 g/mol. The smallest absolute Gasteiger partial charge is 0.223 e. The van der Waals surface area contributed by atoms with Crippen LogP contribution in [0.15, 0.2) is 65.2 Å². The quantitative estimate of drug-likeness (QED) is 0.593. The van der Waals surface area contributed by atoms with Gasteiger partial charge in [-0.2, -0.15) is 0 Å². The maximum atomic E-state index is 12.6. The van der Waals surface area contributed by atoms with E-state index in [9.17, 15) is 4.79 Å². The Morgan fingerprint density at radius 3 is 2.50 bits per heavy atom. The lowest BCUT2D eigenvalue weighted by Gasteiger charge is -2.22. The summed E-state index contributed by atoms with van der Waals surface area (Å²) in [5, 5.41) is 0.671. The second kappa shape index (κ2) is 10.1. The van der Waals surface area contributed by atoms with Crippen LogP contribution < -0.4 is 5.73 Å². The molecule has 0 aliphatic rings. The molecule has 28 heavy (non-hydrogen) atoms. The first-order chi connectivity index (χ1) is 13.7. The van der Waals surface area contributed by atoms with Gasteiger partial charge >= 0.3 is 0 Å². The number of hydrogen-bond acceptors (Lipinski definition) is 4. The van der Waals surface area contributed by atoms with E-state index in [0.29, 0.717) is 49.1 Å². The number of carbonyl (C=O) groups excluding carboxylic acids is 1. The molecule has 0 fully saturated rings. The Bertz CT molecular complexity index is 878. The van der Waals surface area contributed by atoms with Crippen LogP contribution in [0.2, 0.25) is 5.02 Å². The van der Waals surface area contributed by atoms with E-state index in [1.165, 1.54) is 5.56 Å². The predicted octanol–water partition coefficient (Wildman–Crippen LogP) is 3.96. The van der Waals surface area contributed by atoms with Crippen molar-refractivity contribution in [3.05, 3.63) is 77.3 Å². The van der Waals surface area contributed by atoms with Crippen LogP contribution in [0.5, 0.6) is 0 Å². The zero-order valence-electron chi connectivity index (χ0n) is 15.7. The molecule has 0 aliphatic carbocycles. The van der Waals surface area contributed by atoms with Crippen molar-refractivity contribution in [3.8, 4) is 11.3 Å². The topological polar surface area (TPSA) is 72.4 Å². The lowest BCUT2D eigenvalue weighted by molar-refractivity contribution is -0.131. The Balaban J connectivity index is 1.54. The number of nitrogens with two attached hydrogens (primary N) is 1. The first-order valence-electron chi connectivity index (χ1n) is 9.38. The van der Waals surface area contributed by atoms with Gasteiger partial charge in [-0.25, -0.2) is 4.98 Å². The summed E-state index contributed by atoms with van der Waals surface area (Å²) in [4.78, 5) is 18.7. The summed E-state index contributed by atoms with van der Waals surface area (Å²) in [6, 6.07) is 17.5. The number of benzene rings is 2. The van der Waals surface area contributed by atoms with Crippen molar-refractivity contribution in [2.24, 2.45) is 5.73 Å². The van der Waals surface area contributed by atoms with Gasteiger partial charge in [0.05, 0.1) is 6.20 Å². The number of nitrogens with zero attached hydrogens (tertiary/aromatic N) is 2. The lowest BCUT2D eigenvalue weighted by Crippen LogP contribution is -2.37. The number of amides is 1. The van der Waals surface area contributed by atoms with Gasteiger partial charge in [-0.15, -0.1) is 0 Å². The zero-order valence-corrected chi connectivity index (χ0v) is 16.4. The van der Waals surface area contributed by atoms with Gasteiger partial charge in [-0.1, -0.05) is 41.9 Å². The van der Waals surface area contributed by atoms with Crippen molar-refractivity contribution >= 4 is 17.5 Å². The van der Waals surface area contributed by atoms with Crippen LogP contribution >= 0.6 is 11.6 Å². The second-order valence-corrected chi connectivity index (χ2v) is 6.97. The van der Waals surface area contributed by atoms with Crippen molar-refractivity contribution in [3.63, 3.8) is 0 Å². The monoisotopic (exact) mass is 397 g/mol. The van der Waals surface area contributed by atoms with Crippen molar-refractivity contribution in [1.82, 2.24) is 9.88 Å². The Morgan fingerprint density at radius 2 is 1.79 bits per heavy atom. The van der Waals surface area contributed by atoms with Crippen LogP contribution in [-0.2, 0) is 17.6 Å². The Hall–Kier alpha value is -2.63. The Labute approximate surface area is 170 Å². The van der Waals surface area contributed by atoms with Gasteiger partial charge in [-0.3, -0.25) is 4.79 Å². The van der Waals surface area contributed by atoms with Gasteiger partial charge in [0.1, 0.15) is 0 Å². The van der Waals surface area contributed by atoms with Gasteiger partial charge in [0, 0.05) is 43.1 Å². The van der Waals surface area contributed by atoms with Crippen LogP contribution in [-0.4, -0.2) is 35.4 Å². The van der Waals surface area contributed by atoms with E-state index >= 15 is 0 Å². The Morgan fingerprint density at radius 1 is 1.04 bits per heavy atom. The van der Waals surface area contributed by atoms with Crippen LogP contribution in [0.4, 0.5) is 0 Å². The Kier molecular flexibility index (Phi) is 7.23. The third-order valence-corrected chi connectivity index (χ3v) is 4.75. The molecule has 0 atom stereocenters. The highest BCUT2D eigenvalue weighted by molar-refractivity contribution is 6.30. The van der Waals surface area contributed by atoms with Gasteiger partial charge in [-0.05, 0) is 36.2 Å². The van der Waals surface area contributed by atoms with Crippen LogP contribution in [0, 0.1) is 0 Å². The summed E-state index contributed by atoms with van der Waals surface area (Å²) in [5.74, 6) is 1.28. The van der Waals surface area contributed by atoms with E-state index < -0.39 is 0 Å². The van der Waals surface area contributed by atoms with Crippen molar-refractivity contribution in [1.29, 1.82) is 0 Å². The molecule has 0 spiro atoms. The molecule has 0 radical (unpaired) electrons. The molecule has 0 bridgehead atoms. The standard InChI is InChI=1S/C22H24ClN3O2/c23-19-8-6-18(7-9-19)20-16-25-21(28-20)10-11-22(27)26(15-13-24)14-12-17-4-2-1-3-5-17/h1-9,16H,10-15,24H2. The summed E-state index contributed by atoms with van der Waals surface area (Å²) in [6.07, 6.45) is 3.29. The maximum Gasteiger partial charge on any atom is 0.223 e. The van der Waals surface area contributed by atoms with E-state index in [-0.39, 0.29) is 5.91 Å². The largest absolute Gasteiger partial charge is 0.441 e. The average Bonchev–Trinajstić information content (AvgIpc) is 3.19. The van der Waals surface area contributed by atoms with Gasteiger partial charge in [0.2, 0.25) is 5.91 Å². The highest BCUT2D eigenvalue weighted by Crippen LogP contribution is 2.22. The van der Waals surface area contributed by atoms with Gasteiger partial charge in [0.25, 0.3) is 0 Å². The second-order valence-electron chi connectivity index (χ2n) is 6.53. The third-order valence-electron chi connectivity index (χ3n) is 4.50. The van der Waals surface area contributed by atoms with E-state index in [0.717, 1.165) is 12.0 Å². The molecule has 1 amide bonds. The number of rotatable bonds is 9. The molecule has 0 unspecified atom stereocenters. The molecule has 0 saturated heterocycles. The van der Waals surface area contributed by atoms with Crippen LogP contribution in [0.25, 0.3) is 11.3 Å². The van der Waals surface area contributed by atoms with E-state index in [1.807, 2.05) is 35.2 Å². The minimum absolute atomic E-state index is 0.0626. The predicted molar refractivity (Wildman–Crippen MR) is 111 cm³/mol. The summed E-state index contributed by atoms with van der Waals surface area (Å²) in [7, 11) is 0. The number of aryl methyl sites for hydroxylation is 1. The molecule has 0 saturated carbocycles. The summed E-state index contributed by atoms with van der Waals surface area (Å²) in [5.41, 5.74) is 7.80. The van der Waals surface area contributed by atoms with E-state index in [1.54, 1.807) is 18.3 Å². The molecule has 3 aromatic rings. The highest BCUT2D eigenvalue weighted by Gasteiger charge is 2.15. The summed E-state index contributed by atoms with van der Waals surface area (Å²) >= 11 is 5.91. The first kappa shape index (κ1) is 20.1. The minimum Gasteiger partial charge on any atom is -0.441 e. The fraction of sp³-hybridized carbons (Fsp3) is 0.273. The minimum atomic E-state index is 0.0626. The SMILES string of the molecule is NCCN(CCc1ccccc1)C(=O)CCc1ncc(-c2ccc(Cl)cc2)o1. The molecule has 3 rings (SSSR count). The first-order valence-corrected chi connectivity index (χ1v) is 9.76. The van der Waals surface area contributed by atoms with Crippen molar-refractivity contribution in [2.75, 3.05) is 19.6 Å². The third kappa shape index (κ3) is 5.68. The van der Waals surface area contributed by atoms with Crippen molar-refractivity contribution in [2.45, 2.75) is 19.3 Å². The molecule has 146 valence electrons.